The summed E-state index contributed by atoms with van der Waals surface area (Å²) in [6.45, 7) is 5.84. The Kier molecular flexibility index (Phi) is 6.29. The number of ether oxygens (including phenoxy) is 2. The molecule has 1 aromatic rings. The van der Waals surface area contributed by atoms with Gasteiger partial charge in [0.05, 0.1) is 13.2 Å². The molecule has 0 aliphatic rings. The standard InChI is InChI=1S/C14H20BrNO4/c1-8(2)20-13-10(7-16-9(3)14(17)18)5-11(15)6-12(13)19-4/h5-6,8-9,16H,7H2,1-4H3,(H,17,18). The molecule has 0 aromatic heterocycles. The molecule has 0 bridgehead atoms. The van der Waals surface area contributed by atoms with Gasteiger partial charge in [0.2, 0.25) is 0 Å². The lowest BCUT2D eigenvalue weighted by Gasteiger charge is -2.19. The smallest absolute Gasteiger partial charge is 0.320 e. The van der Waals surface area contributed by atoms with Gasteiger partial charge in [-0.15, -0.1) is 0 Å². The van der Waals surface area contributed by atoms with Crippen LogP contribution < -0.4 is 14.8 Å². The van der Waals surface area contributed by atoms with E-state index in [4.69, 9.17) is 14.6 Å². The SMILES string of the molecule is COc1cc(Br)cc(CNC(C)C(=O)O)c1OC(C)C. The van der Waals surface area contributed by atoms with E-state index in [1.54, 1.807) is 14.0 Å². The van der Waals surface area contributed by atoms with Crippen LogP contribution in [0.3, 0.4) is 0 Å². The Morgan fingerprint density at radius 3 is 2.55 bits per heavy atom. The van der Waals surface area contributed by atoms with Crippen LogP contribution in [0.15, 0.2) is 16.6 Å². The van der Waals surface area contributed by atoms with Crippen molar-refractivity contribution in [1.29, 1.82) is 0 Å². The number of hydrogen-bond donors (Lipinski definition) is 2. The maximum atomic E-state index is 10.8. The van der Waals surface area contributed by atoms with Gasteiger partial charge in [0.1, 0.15) is 6.04 Å². The molecule has 1 rings (SSSR count). The van der Waals surface area contributed by atoms with Crippen LogP contribution in [0.25, 0.3) is 0 Å². The Labute approximate surface area is 127 Å². The lowest BCUT2D eigenvalue weighted by atomic mass is 10.1. The highest BCUT2D eigenvalue weighted by molar-refractivity contribution is 9.10. The monoisotopic (exact) mass is 345 g/mol. The molecular weight excluding hydrogens is 326 g/mol. The maximum absolute atomic E-state index is 10.8. The Morgan fingerprint density at radius 1 is 1.40 bits per heavy atom. The van der Waals surface area contributed by atoms with Crippen LogP contribution in [-0.4, -0.2) is 30.3 Å². The van der Waals surface area contributed by atoms with E-state index < -0.39 is 12.0 Å². The highest BCUT2D eigenvalue weighted by Crippen LogP contribution is 2.35. The molecular formula is C14H20BrNO4. The largest absolute Gasteiger partial charge is 0.493 e. The minimum absolute atomic E-state index is 0.000669. The maximum Gasteiger partial charge on any atom is 0.320 e. The molecule has 0 aliphatic carbocycles. The first-order valence-electron chi connectivity index (χ1n) is 6.34. The molecule has 1 unspecified atom stereocenters. The molecule has 20 heavy (non-hydrogen) atoms. The van der Waals surface area contributed by atoms with Gasteiger partial charge in [-0.3, -0.25) is 4.79 Å². The zero-order valence-electron chi connectivity index (χ0n) is 12.1. The van der Waals surface area contributed by atoms with Crippen molar-refractivity contribution < 1.29 is 19.4 Å². The van der Waals surface area contributed by atoms with Crippen LogP contribution in [-0.2, 0) is 11.3 Å². The summed E-state index contributed by atoms with van der Waals surface area (Å²) in [7, 11) is 1.58. The molecule has 0 radical (unpaired) electrons. The number of methoxy groups -OCH3 is 1. The lowest BCUT2D eigenvalue weighted by molar-refractivity contribution is -0.139. The highest BCUT2D eigenvalue weighted by atomic mass is 79.9. The first-order chi connectivity index (χ1) is 9.35. The molecule has 0 heterocycles. The summed E-state index contributed by atoms with van der Waals surface area (Å²) in [5.74, 6) is 0.363. The van der Waals surface area contributed by atoms with Crippen molar-refractivity contribution in [2.45, 2.75) is 39.5 Å². The van der Waals surface area contributed by atoms with E-state index in [1.165, 1.54) is 0 Å². The first kappa shape index (κ1) is 16.8. The number of benzene rings is 1. The first-order valence-corrected chi connectivity index (χ1v) is 7.13. The molecule has 2 N–H and O–H groups in total. The topological polar surface area (TPSA) is 67.8 Å². The fourth-order valence-electron chi connectivity index (χ4n) is 1.63. The third kappa shape index (κ3) is 4.68. The Bertz CT molecular complexity index is 476. The third-order valence-electron chi connectivity index (χ3n) is 2.64. The molecule has 0 saturated carbocycles. The van der Waals surface area contributed by atoms with Crippen molar-refractivity contribution in [3.8, 4) is 11.5 Å². The van der Waals surface area contributed by atoms with Gasteiger partial charge in [-0.2, -0.15) is 0 Å². The van der Waals surface area contributed by atoms with Gasteiger partial charge in [0, 0.05) is 16.6 Å². The molecule has 0 spiro atoms. The van der Waals surface area contributed by atoms with Crippen LogP contribution >= 0.6 is 15.9 Å². The fraction of sp³-hybridized carbons (Fsp3) is 0.500. The minimum atomic E-state index is -0.890. The summed E-state index contributed by atoms with van der Waals surface area (Å²) in [6, 6.07) is 3.08. The van der Waals surface area contributed by atoms with Crippen molar-refractivity contribution in [2.24, 2.45) is 0 Å². The van der Waals surface area contributed by atoms with Crippen molar-refractivity contribution in [3.05, 3.63) is 22.2 Å². The molecule has 1 atom stereocenters. The summed E-state index contributed by atoms with van der Waals surface area (Å²) in [5.41, 5.74) is 0.845. The van der Waals surface area contributed by atoms with E-state index in [-0.39, 0.29) is 6.10 Å². The van der Waals surface area contributed by atoms with Crippen molar-refractivity contribution in [1.82, 2.24) is 5.32 Å². The zero-order valence-corrected chi connectivity index (χ0v) is 13.7. The summed E-state index contributed by atoms with van der Waals surface area (Å²) in [6.07, 6.45) is 0.000669. The van der Waals surface area contributed by atoms with Gasteiger partial charge in [-0.25, -0.2) is 0 Å². The normalized spacial score (nSPS) is 12.3. The molecule has 0 fully saturated rings. The number of halogens is 1. The van der Waals surface area contributed by atoms with E-state index in [1.807, 2.05) is 26.0 Å². The summed E-state index contributed by atoms with van der Waals surface area (Å²) in [5, 5.41) is 11.8. The van der Waals surface area contributed by atoms with Gasteiger partial charge in [-0.1, -0.05) is 15.9 Å². The number of aliphatic carboxylic acids is 1. The van der Waals surface area contributed by atoms with Crippen LogP contribution in [0.2, 0.25) is 0 Å². The van der Waals surface area contributed by atoms with Crippen LogP contribution in [0.5, 0.6) is 11.5 Å². The molecule has 5 nitrogen and oxygen atoms in total. The van der Waals surface area contributed by atoms with Crippen molar-refractivity contribution >= 4 is 21.9 Å². The number of nitrogens with one attached hydrogen (secondary N) is 1. The zero-order chi connectivity index (χ0) is 15.3. The predicted molar refractivity (Wildman–Crippen MR) is 80.4 cm³/mol. The van der Waals surface area contributed by atoms with Crippen LogP contribution in [0.4, 0.5) is 0 Å². The van der Waals surface area contributed by atoms with Crippen LogP contribution in [0.1, 0.15) is 26.3 Å². The highest BCUT2D eigenvalue weighted by Gasteiger charge is 2.16. The molecule has 6 heteroatoms. The Morgan fingerprint density at radius 2 is 2.05 bits per heavy atom. The minimum Gasteiger partial charge on any atom is -0.493 e. The number of hydrogen-bond acceptors (Lipinski definition) is 4. The Hall–Kier alpha value is -1.27. The van der Waals surface area contributed by atoms with Gasteiger partial charge in [0.15, 0.2) is 11.5 Å². The molecule has 0 aliphatic heterocycles. The molecule has 0 saturated heterocycles. The molecule has 112 valence electrons. The third-order valence-corrected chi connectivity index (χ3v) is 3.10. The summed E-state index contributed by atoms with van der Waals surface area (Å²) in [4.78, 5) is 10.8. The second-order valence-electron chi connectivity index (χ2n) is 4.70. The second-order valence-corrected chi connectivity index (χ2v) is 5.62. The Balaban J connectivity index is 3.02. The quantitative estimate of drug-likeness (QED) is 0.795. The van der Waals surface area contributed by atoms with E-state index in [0.29, 0.717) is 18.0 Å². The van der Waals surface area contributed by atoms with Gasteiger partial charge >= 0.3 is 5.97 Å². The van der Waals surface area contributed by atoms with E-state index in [0.717, 1.165) is 10.0 Å². The number of rotatable bonds is 7. The van der Waals surface area contributed by atoms with Crippen molar-refractivity contribution in [2.75, 3.05) is 7.11 Å². The lowest BCUT2D eigenvalue weighted by Crippen LogP contribution is -2.33. The predicted octanol–water partition coefficient (Wildman–Crippen LogP) is 2.81. The summed E-state index contributed by atoms with van der Waals surface area (Å²) < 4.78 is 12.0. The van der Waals surface area contributed by atoms with Gasteiger partial charge in [-0.05, 0) is 32.9 Å². The average Bonchev–Trinajstić information content (AvgIpc) is 2.37. The molecule has 1 aromatic carbocycles. The number of carboxylic acids is 1. The number of carboxylic acid groups (broad SMARTS) is 1. The van der Waals surface area contributed by atoms with E-state index in [9.17, 15) is 4.79 Å². The average molecular weight is 346 g/mol. The molecule has 0 amide bonds. The number of carbonyl (C=O) groups is 1. The van der Waals surface area contributed by atoms with E-state index >= 15 is 0 Å². The van der Waals surface area contributed by atoms with Gasteiger partial charge in [0.25, 0.3) is 0 Å². The second kappa shape index (κ2) is 7.50. The fourth-order valence-corrected chi connectivity index (χ4v) is 2.11. The summed E-state index contributed by atoms with van der Waals surface area (Å²) >= 11 is 3.41. The van der Waals surface area contributed by atoms with Crippen molar-refractivity contribution in [3.63, 3.8) is 0 Å². The van der Waals surface area contributed by atoms with E-state index in [2.05, 4.69) is 21.2 Å². The van der Waals surface area contributed by atoms with Crippen LogP contribution in [0, 0.1) is 0 Å². The van der Waals surface area contributed by atoms with Gasteiger partial charge < -0.3 is 19.9 Å².